The second-order valence-electron chi connectivity index (χ2n) is 6.43. The smallest absolute Gasteiger partial charge is 0.251 e. The van der Waals surface area contributed by atoms with E-state index in [1.54, 1.807) is 0 Å². The first-order valence-electron chi connectivity index (χ1n) is 8.61. The molecule has 1 aliphatic heterocycles. The maximum Gasteiger partial charge on any atom is 0.251 e. The quantitative estimate of drug-likeness (QED) is 0.728. The number of piperazine rings is 1. The van der Waals surface area contributed by atoms with E-state index in [0.29, 0.717) is 18.3 Å². The van der Waals surface area contributed by atoms with Crippen LogP contribution >= 0.6 is 0 Å². The summed E-state index contributed by atoms with van der Waals surface area (Å²) in [5.41, 5.74) is 2.16. The molecule has 3 heterocycles. The van der Waals surface area contributed by atoms with E-state index in [1.807, 2.05) is 19.9 Å². The third-order valence-corrected chi connectivity index (χ3v) is 4.59. The molecule has 1 saturated heterocycles. The zero-order chi connectivity index (χ0) is 17.2. The molecule has 0 aliphatic carbocycles. The van der Waals surface area contributed by atoms with Gasteiger partial charge in [0.05, 0.1) is 12.1 Å². The second-order valence-corrected chi connectivity index (χ2v) is 6.43. The van der Waals surface area contributed by atoms with Crippen LogP contribution in [0.2, 0.25) is 0 Å². The molecule has 0 atom stereocenters. The lowest BCUT2D eigenvalue weighted by Gasteiger charge is -2.35. The van der Waals surface area contributed by atoms with E-state index in [1.165, 1.54) is 5.69 Å². The molecule has 0 bridgehead atoms. The molecule has 2 aromatic heterocycles. The molecule has 0 N–H and O–H groups in total. The molecule has 0 amide bonds. The van der Waals surface area contributed by atoms with Crippen molar-refractivity contribution in [3.05, 3.63) is 53.8 Å². The highest BCUT2D eigenvalue weighted by molar-refractivity contribution is 5.55. The van der Waals surface area contributed by atoms with Crippen LogP contribution in [0.4, 0.5) is 5.69 Å². The largest absolute Gasteiger partial charge is 0.466 e. The highest BCUT2D eigenvalue weighted by Crippen LogP contribution is 2.25. The molecule has 6 nitrogen and oxygen atoms in total. The van der Waals surface area contributed by atoms with Gasteiger partial charge in [0.2, 0.25) is 5.89 Å². The Hall–Kier alpha value is -2.60. The molecule has 0 radical (unpaired) electrons. The Labute approximate surface area is 147 Å². The molecular formula is C19H22N4O2. The maximum absolute atomic E-state index is 5.84. The summed E-state index contributed by atoms with van der Waals surface area (Å²) in [4.78, 5) is 4.76. The number of nitrogens with zero attached hydrogens (tertiary/aromatic N) is 4. The number of benzene rings is 1. The average Bonchev–Trinajstić information content (AvgIpc) is 3.22. The lowest BCUT2D eigenvalue weighted by atomic mass is 10.2. The van der Waals surface area contributed by atoms with Gasteiger partial charge in [-0.3, -0.25) is 4.90 Å². The molecule has 25 heavy (non-hydrogen) atoms. The number of hydrogen-bond acceptors (Lipinski definition) is 6. The minimum absolute atomic E-state index is 0.535. The summed E-state index contributed by atoms with van der Waals surface area (Å²) in [5, 5.41) is 8.38. The number of rotatable bonds is 4. The predicted molar refractivity (Wildman–Crippen MR) is 95.4 cm³/mol. The monoisotopic (exact) mass is 338 g/mol. The van der Waals surface area contributed by atoms with E-state index in [-0.39, 0.29) is 0 Å². The first kappa shape index (κ1) is 15.9. The van der Waals surface area contributed by atoms with Crippen LogP contribution in [-0.4, -0.2) is 41.3 Å². The van der Waals surface area contributed by atoms with Crippen molar-refractivity contribution >= 4 is 5.69 Å². The highest BCUT2D eigenvalue weighted by Gasteiger charge is 2.20. The molecule has 1 aromatic carbocycles. The van der Waals surface area contributed by atoms with E-state index in [9.17, 15) is 0 Å². The van der Waals surface area contributed by atoms with Gasteiger partial charge in [-0.1, -0.05) is 18.2 Å². The summed E-state index contributed by atoms with van der Waals surface area (Å²) >= 11 is 0. The zero-order valence-electron chi connectivity index (χ0n) is 14.6. The Morgan fingerprint density at radius 3 is 2.40 bits per heavy atom. The van der Waals surface area contributed by atoms with Gasteiger partial charge in [0, 0.05) is 31.9 Å². The molecule has 1 aliphatic rings. The zero-order valence-corrected chi connectivity index (χ0v) is 14.6. The first-order chi connectivity index (χ1) is 12.2. The molecule has 0 unspecified atom stereocenters. The second kappa shape index (κ2) is 6.72. The van der Waals surface area contributed by atoms with Gasteiger partial charge in [0.1, 0.15) is 11.5 Å². The SMILES string of the molecule is Cc1cc(-c2nnc(CN3CCN(c4ccccc4)CC3)o2)c(C)o1. The number of anilines is 1. The van der Waals surface area contributed by atoms with Crippen LogP contribution in [0.1, 0.15) is 17.4 Å². The normalized spacial score (nSPS) is 15.7. The Balaban J connectivity index is 1.37. The van der Waals surface area contributed by atoms with Gasteiger partial charge in [-0.05, 0) is 32.0 Å². The van der Waals surface area contributed by atoms with Crippen LogP contribution in [0, 0.1) is 13.8 Å². The van der Waals surface area contributed by atoms with Crippen LogP contribution in [-0.2, 0) is 6.54 Å². The first-order valence-corrected chi connectivity index (χ1v) is 8.61. The van der Waals surface area contributed by atoms with Gasteiger partial charge in [0.15, 0.2) is 0 Å². The molecule has 130 valence electrons. The fourth-order valence-corrected chi connectivity index (χ4v) is 3.26. The number of aromatic nitrogens is 2. The van der Waals surface area contributed by atoms with Gasteiger partial charge >= 0.3 is 0 Å². The number of hydrogen-bond donors (Lipinski definition) is 0. The predicted octanol–water partition coefficient (Wildman–Crippen LogP) is 3.27. The van der Waals surface area contributed by atoms with Crippen LogP contribution in [0.25, 0.3) is 11.5 Å². The molecule has 4 rings (SSSR count). The average molecular weight is 338 g/mol. The van der Waals surface area contributed by atoms with Gasteiger partial charge in [0.25, 0.3) is 5.89 Å². The third kappa shape index (κ3) is 3.44. The maximum atomic E-state index is 5.84. The molecule has 3 aromatic rings. The fraction of sp³-hybridized carbons (Fsp3) is 0.368. The Bertz CT molecular complexity index is 832. The van der Waals surface area contributed by atoms with Crippen LogP contribution in [0.3, 0.4) is 0 Å². The van der Waals surface area contributed by atoms with E-state index in [2.05, 4.69) is 50.3 Å². The summed E-state index contributed by atoms with van der Waals surface area (Å²) in [6, 6.07) is 12.5. The summed E-state index contributed by atoms with van der Waals surface area (Å²) in [7, 11) is 0. The Morgan fingerprint density at radius 2 is 1.72 bits per heavy atom. The minimum Gasteiger partial charge on any atom is -0.466 e. The van der Waals surface area contributed by atoms with Gasteiger partial charge in [-0.2, -0.15) is 0 Å². The van der Waals surface area contributed by atoms with Crippen LogP contribution < -0.4 is 4.90 Å². The standard InChI is InChI=1S/C19H22N4O2/c1-14-12-17(15(2)24-14)19-21-20-18(25-19)13-22-8-10-23(11-9-22)16-6-4-3-5-7-16/h3-7,12H,8-11,13H2,1-2H3. The molecule has 1 fully saturated rings. The molecule has 0 spiro atoms. The lowest BCUT2D eigenvalue weighted by Crippen LogP contribution is -2.46. The molecular weight excluding hydrogens is 316 g/mol. The summed E-state index contributed by atoms with van der Waals surface area (Å²) in [6.07, 6.45) is 0. The minimum atomic E-state index is 0.535. The van der Waals surface area contributed by atoms with Crippen molar-refractivity contribution in [2.24, 2.45) is 0 Å². The van der Waals surface area contributed by atoms with Gasteiger partial charge in [-0.15, -0.1) is 10.2 Å². The summed E-state index contributed by atoms with van der Waals surface area (Å²) in [6.45, 7) is 8.49. The van der Waals surface area contributed by atoms with Gasteiger partial charge in [-0.25, -0.2) is 0 Å². The molecule has 6 heteroatoms. The van der Waals surface area contributed by atoms with Crippen molar-refractivity contribution in [3.8, 4) is 11.5 Å². The van der Waals surface area contributed by atoms with E-state index < -0.39 is 0 Å². The number of aryl methyl sites for hydroxylation is 2. The topological polar surface area (TPSA) is 58.5 Å². The summed E-state index contributed by atoms with van der Waals surface area (Å²) < 4.78 is 11.4. The van der Waals surface area contributed by atoms with Crippen molar-refractivity contribution in [2.45, 2.75) is 20.4 Å². The van der Waals surface area contributed by atoms with Crippen molar-refractivity contribution < 1.29 is 8.83 Å². The van der Waals surface area contributed by atoms with E-state index >= 15 is 0 Å². The van der Waals surface area contributed by atoms with Gasteiger partial charge < -0.3 is 13.7 Å². The lowest BCUT2D eigenvalue weighted by molar-refractivity contribution is 0.227. The molecule has 0 saturated carbocycles. The number of furan rings is 1. The fourth-order valence-electron chi connectivity index (χ4n) is 3.26. The Morgan fingerprint density at radius 1 is 0.960 bits per heavy atom. The van der Waals surface area contributed by atoms with E-state index in [4.69, 9.17) is 8.83 Å². The number of para-hydroxylation sites is 1. The van der Waals surface area contributed by atoms with Crippen molar-refractivity contribution in [1.29, 1.82) is 0 Å². The highest BCUT2D eigenvalue weighted by atomic mass is 16.4. The summed E-state index contributed by atoms with van der Waals surface area (Å²) in [5.74, 6) is 2.85. The van der Waals surface area contributed by atoms with Crippen LogP contribution in [0.5, 0.6) is 0 Å². The van der Waals surface area contributed by atoms with Crippen molar-refractivity contribution in [3.63, 3.8) is 0 Å². The Kier molecular flexibility index (Phi) is 4.28. The third-order valence-electron chi connectivity index (χ3n) is 4.59. The van der Waals surface area contributed by atoms with Crippen molar-refractivity contribution in [2.75, 3.05) is 31.1 Å². The van der Waals surface area contributed by atoms with Crippen LogP contribution in [0.15, 0.2) is 45.2 Å². The van der Waals surface area contributed by atoms with E-state index in [0.717, 1.165) is 43.3 Å². The van der Waals surface area contributed by atoms with Crippen molar-refractivity contribution in [1.82, 2.24) is 15.1 Å².